The maximum absolute atomic E-state index is 12.9. The van der Waals surface area contributed by atoms with E-state index in [1.165, 1.54) is 18.5 Å². The predicted octanol–water partition coefficient (Wildman–Crippen LogP) is 2.19. The van der Waals surface area contributed by atoms with E-state index in [1.807, 2.05) is 17.0 Å². The third-order valence-corrected chi connectivity index (χ3v) is 6.42. The monoisotopic (exact) mass is 384 g/mol. The third-order valence-electron chi connectivity index (χ3n) is 6.42. The molecule has 28 heavy (non-hydrogen) atoms. The fourth-order valence-corrected chi connectivity index (χ4v) is 4.58. The lowest BCUT2D eigenvalue weighted by molar-refractivity contribution is -0.135. The Morgan fingerprint density at radius 3 is 2.11 bits per heavy atom. The molecule has 152 valence electrons. The van der Waals surface area contributed by atoms with Gasteiger partial charge in [-0.1, -0.05) is 12.8 Å². The number of amides is 2. The van der Waals surface area contributed by atoms with Crippen molar-refractivity contribution >= 4 is 23.2 Å². The third kappa shape index (κ3) is 4.17. The van der Waals surface area contributed by atoms with Crippen LogP contribution in [0, 0.1) is 5.92 Å². The van der Waals surface area contributed by atoms with Gasteiger partial charge in [0.25, 0.3) is 0 Å². The van der Waals surface area contributed by atoms with Crippen molar-refractivity contribution in [2.75, 3.05) is 62.7 Å². The van der Waals surface area contributed by atoms with Crippen molar-refractivity contribution in [3.63, 3.8) is 0 Å². The Hall–Kier alpha value is -2.08. The molecule has 0 saturated carbocycles. The maximum Gasteiger partial charge on any atom is 0.228 e. The van der Waals surface area contributed by atoms with E-state index in [9.17, 15) is 9.59 Å². The summed E-state index contributed by atoms with van der Waals surface area (Å²) in [4.78, 5) is 34.0. The van der Waals surface area contributed by atoms with Crippen molar-refractivity contribution in [2.45, 2.75) is 32.1 Å². The van der Waals surface area contributed by atoms with Gasteiger partial charge in [-0.2, -0.15) is 0 Å². The molecule has 3 aliphatic rings. The molecule has 3 heterocycles. The molecular formula is C22H32N4O2. The molecule has 0 spiro atoms. The Morgan fingerprint density at radius 2 is 1.46 bits per heavy atom. The Kier molecular flexibility index (Phi) is 5.85. The number of carbonyl (C=O) groups is 2. The Morgan fingerprint density at radius 1 is 0.857 bits per heavy atom. The van der Waals surface area contributed by atoms with Gasteiger partial charge in [-0.3, -0.25) is 9.59 Å². The van der Waals surface area contributed by atoms with Crippen LogP contribution in [0.3, 0.4) is 0 Å². The molecule has 1 aromatic rings. The zero-order valence-corrected chi connectivity index (χ0v) is 17.0. The molecule has 0 aromatic heterocycles. The van der Waals surface area contributed by atoms with Crippen molar-refractivity contribution < 1.29 is 9.59 Å². The minimum atomic E-state index is -0.192. The lowest BCUT2D eigenvalue weighted by Crippen LogP contribution is -2.44. The maximum atomic E-state index is 12.9. The molecule has 0 N–H and O–H groups in total. The van der Waals surface area contributed by atoms with Gasteiger partial charge in [-0.05, 0) is 44.2 Å². The molecule has 6 nitrogen and oxygen atoms in total. The number of hydrogen-bond acceptors (Lipinski definition) is 4. The molecule has 2 amide bonds. The second kappa shape index (κ2) is 8.52. The van der Waals surface area contributed by atoms with Crippen molar-refractivity contribution in [2.24, 2.45) is 5.92 Å². The van der Waals surface area contributed by atoms with Crippen molar-refractivity contribution in [3.05, 3.63) is 24.3 Å². The van der Waals surface area contributed by atoms with E-state index in [2.05, 4.69) is 29.0 Å². The van der Waals surface area contributed by atoms with Crippen LogP contribution in [-0.4, -0.2) is 74.5 Å². The summed E-state index contributed by atoms with van der Waals surface area (Å²) < 4.78 is 0. The molecule has 1 aromatic carbocycles. The van der Waals surface area contributed by atoms with Gasteiger partial charge >= 0.3 is 0 Å². The summed E-state index contributed by atoms with van der Waals surface area (Å²) in [6.45, 7) is 6.43. The zero-order valence-electron chi connectivity index (χ0n) is 17.0. The second-order valence-electron chi connectivity index (χ2n) is 8.45. The first-order valence-electron chi connectivity index (χ1n) is 10.7. The Labute approximate surface area is 168 Å². The predicted molar refractivity (Wildman–Crippen MR) is 112 cm³/mol. The largest absolute Gasteiger partial charge is 0.369 e. The van der Waals surface area contributed by atoms with Crippen LogP contribution >= 0.6 is 0 Å². The quantitative estimate of drug-likeness (QED) is 0.802. The number of anilines is 2. The van der Waals surface area contributed by atoms with Crippen LogP contribution in [0.2, 0.25) is 0 Å². The molecule has 0 radical (unpaired) electrons. The molecule has 3 fully saturated rings. The SMILES string of the molecule is CN1CCN(c2ccc(N3CC(C(=O)N4CCCCCC4)CC3=O)cc2)CC1. The molecule has 1 unspecified atom stereocenters. The summed E-state index contributed by atoms with van der Waals surface area (Å²) in [6.07, 6.45) is 4.93. The van der Waals surface area contributed by atoms with E-state index in [-0.39, 0.29) is 17.7 Å². The number of nitrogens with zero attached hydrogens (tertiary/aromatic N) is 4. The molecule has 1 atom stereocenters. The molecule has 4 rings (SSSR count). The van der Waals surface area contributed by atoms with Crippen LogP contribution in [0.25, 0.3) is 0 Å². The fraction of sp³-hybridized carbons (Fsp3) is 0.636. The van der Waals surface area contributed by atoms with E-state index in [4.69, 9.17) is 0 Å². The van der Waals surface area contributed by atoms with Crippen molar-refractivity contribution in [3.8, 4) is 0 Å². The summed E-state index contributed by atoms with van der Waals surface area (Å²) in [6, 6.07) is 8.28. The van der Waals surface area contributed by atoms with Crippen LogP contribution in [0.4, 0.5) is 11.4 Å². The van der Waals surface area contributed by atoms with Crippen LogP contribution in [0.1, 0.15) is 32.1 Å². The van der Waals surface area contributed by atoms with E-state index in [1.54, 1.807) is 4.90 Å². The van der Waals surface area contributed by atoms with Crippen molar-refractivity contribution in [1.82, 2.24) is 9.80 Å². The molecule has 6 heteroatoms. The topological polar surface area (TPSA) is 47.1 Å². The number of hydrogen-bond donors (Lipinski definition) is 0. The summed E-state index contributed by atoms with van der Waals surface area (Å²) in [7, 11) is 2.16. The number of likely N-dealkylation sites (tertiary alicyclic amines) is 1. The highest BCUT2D eigenvalue weighted by atomic mass is 16.2. The number of benzene rings is 1. The Balaban J connectivity index is 1.39. The lowest BCUT2D eigenvalue weighted by Gasteiger charge is -2.34. The molecule has 0 aliphatic carbocycles. The van der Waals surface area contributed by atoms with E-state index < -0.39 is 0 Å². The Bertz CT molecular complexity index is 689. The number of rotatable bonds is 3. The number of likely N-dealkylation sites (N-methyl/N-ethyl adjacent to an activating group) is 1. The minimum Gasteiger partial charge on any atom is -0.369 e. The smallest absolute Gasteiger partial charge is 0.228 e. The molecule has 3 aliphatic heterocycles. The summed E-state index contributed by atoms with van der Waals surface area (Å²) in [5.74, 6) is 0.0511. The fourth-order valence-electron chi connectivity index (χ4n) is 4.58. The van der Waals surface area contributed by atoms with Crippen LogP contribution in [0.5, 0.6) is 0 Å². The summed E-state index contributed by atoms with van der Waals surface area (Å²) in [5, 5.41) is 0. The van der Waals surface area contributed by atoms with Gasteiger partial charge in [0.2, 0.25) is 11.8 Å². The first-order valence-corrected chi connectivity index (χ1v) is 10.7. The van der Waals surface area contributed by atoms with Crippen molar-refractivity contribution in [1.29, 1.82) is 0 Å². The van der Waals surface area contributed by atoms with Gasteiger partial charge < -0.3 is 19.6 Å². The molecular weight excluding hydrogens is 352 g/mol. The van der Waals surface area contributed by atoms with Gasteiger partial charge in [0.15, 0.2) is 0 Å². The van der Waals surface area contributed by atoms with Crippen LogP contribution in [-0.2, 0) is 9.59 Å². The van der Waals surface area contributed by atoms with Gasteiger partial charge in [-0.25, -0.2) is 0 Å². The van der Waals surface area contributed by atoms with Gasteiger partial charge in [0.05, 0.1) is 5.92 Å². The molecule has 3 saturated heterocycles. The molecule has 0 bridgehead atoms. The van der Waals surface area contributed by atoms with E-state index >= 15 is 0 Å². The highest BCUT2D eigenvalue weighted by Crippen LogP contribution is 2.29. The first-order chi connectivity index (χ1) is 13.6. The van der Waals surface area contributed by atoms with Crippen LogP contribution in [0.15, 0.2) is 24.3 Å². The second-order valence-corrected chi connectivity index (χ2v) is 8.45. The normalized spacial score (nSPS) is 24.5. The standard InChI is InChI=1S/C22H32N4O2/c1-23-12-14-24(15-13-23)19-6-8-20(9-7-19)26-17-18(16-21(26)27)22(28)25-10-4-2-3-5-11-25/h6-9,18H,2-5,10-17H2,1H3. The highest BCUT2D eigenvalue weighted by Gasteiger charge is 2.37. The summed E-state index contributed by atoms with van der Waals surface area (Å²) in [5.41, 5.74) is 2.12. The lowest BCUT2D eigenvalue weighted by atomic mass is 10.1. The van der Waals surface area contributed by atoms with E-state index in [0.717, 1.165) is 57.8 Å². The average molecular weight is 385 g/mol. The summed E-state index contributed by atoms with van der Waals surface area (Å²) >= 11 is 0. The van der Waals surface area contributed by atoms with E-state index in [0.29, 0.717) is 13.0 Å². The average Bonchev–Trinajstić information content (AvgIpc) is 2.92. The number of carbonyl (C=O) groups excluding carboxylic acids is 2. The van der Waals surface area contributed by atoms with Gasteiger partial charge in [0.1, 0.15) is 0 Å². The number of piperazine rings is 1. The zero-order chi connectivity index (χ0) is 19.5. The highest BCUT2D eigenvalue weighted by molar-refractivity contribution is 6.00. The first kappa shape index (κ1) is 19.2. The minimum absolute atomic E-state index is 0.0699. The van der Waals surface area contributed by atoms with Gasteiger partial charge in [0, 0.05) is 63.6 Å². The van der Waals surface area contributed by atoms with Gasteiger partial charge in [-0.15, -0.1) is 0 Å². The van der Waals surface area contributed by atoms with Crippen LogP contribution < -0.4 is 9.80 Å².